The van der Waals surface area contributed by atoms with Crippen LogP contribution in [0.1, 0.15) is 91.1 Å². The highest BCUT2D eigenvalue weighted by molar-refractivity contribution is 7.14. The molecule has 0 aliphatic carbocycles. The molecule has 0 saturated carbocycles. The van der Waals surface area contributed by atoms with Crippen molar-refractivity contribution in [1.82, 2.24) is 39.8 Å². The first kappa shape index (κ1) is 57.6. The highest BCUT2D eigenvalue weighted by Gasteiger charge is 2.26. The molecule has 8 heterocycles. The molecule has 0 atom stereocenters. The van der Waals surface area contributed by atoms with Crippen LogP contribution in [0.5, 0.6) is 0 Å². The van der Waals surface area contributed by atoms with Crippen molar-refractivity contribution in [3.05, 3.63) is 224 Å². The van der Waals surface area contributed by atoms with Gasteiger partial charge in [-0.05, 0) is 143 Å². The van der Waals surface area contributed by atoms with Gasteiger partial charge in [0.15, 0.2) is 0 Å². The second-order valence-electron chi connectivity index (χ2n) is 23.6. The lowest BCUT2D eigenvalue weighted by atomic mass is 10.1. The number of nitrogens with zero attached hydrogens (tertiary/aromatic N) is 6. The molecule has 16 rings (SSSR count). The first-order valence-corrected chi connectivity index (χ1v) is 35.5. The van der Waals surface area contributed by atoms with Crippen LogP contribution in [-0.2, 0) is 35.3 Å². The number of carbonyl (C=O) groups is 6. The Morgan fingerprint density at radius 2 is 0.861 bits per heavy atom. The lowest BCUT2D eigenvalue weighted by molar-refractivity contribution is -0.115. The SMILES string of the molecule is O=C1Cc2cc(CCN3CCN(c4nsc5ccccc45)CC3)c(Cl)cc2N1.[2H]C1([2H])NC([2H])([2H])C([2H])([2H])NC1([2H])[2H].[2H]C1([2H])NCCNC1([2H])[2H].[2H]c1c([2H])c([2H])c(C(=O)O)c(N)c1[2H].[2H]c1ccc(N)c(C(=O)O)c1.[2H]c1ccc2snc(N3CCN(CCc4cc5c(cc4Cl)NC(=O)C5)CC3)c2c1.[2H]c1cccc(C(=O)O)c1N.[2H]c1cccc(N)c1C(=O)O. The third kappa shape index (κ3) is 24.3. The average molecular weight is 1570 g/mol. The standard InChI is InChI=1S/2C21H21ClN4OS.4C7H7NO2.2C4H10N2/c2*22-17-13-18-15(12-20(27)23-18)11-14(17)5-6-25-7-9-26(10-8-25)21-16-3-1-2-4-19(16)28-24-21;4*8-6-4-2-1-3-5(6)7(9)10;2*1-2-6-4-3-5-1/h2*1-4,11,13H,5-10,12H2,(H,23,27);4*1-4H,8H2,(H,9,10);2*5-6H,1-4H2/i1D;;1D,2D,3D,4D;4D;3D;1D;1D2,2D2,3D2,4D2;1D2,2D2. The lowest BCUT2D eigenvalue weighted by Gasteiger charge is -2.35. The number of aromatic carboxylic acids is 4. The van der Waals surface area contributed by atoms with E-state index in [0.717, 1.165) is 144 Å². The molecule has 568 valence electrons. The number of hydrogen-bond acceptors (Lipinski definition) is 22. The number of carbonyl (C=O) groups excluding carboxylic acids is 2. The third-order valence-electron chi connectivity index (χ3n) is 16.5. The number of hydrogen-bond donors (Lipinski definition) is 14. The number of carboxylic acid groups (broad SMARTS) is 4. The number of halogens is 2. The van der Waals surface area contributed by atoms with E-state index in [4.69, 9.17) is 94.0 Å². The number of para-hydroxylation sites is 4. The molecule has 0 bridgehead atoms. The van der Waals surface area contributed by atoms with E-state index in [1.54, 1.807) is 28.2 Å². The van der Waals surface area contributed by atoms with Crippen molar-refractivity contribution < 1.29 is 76.6 Å². The Bertz CT molecular complexity index is 5650. The number of nitrogens with two attached hydrogens (primary N) is 4. The van der Waals surface area contributed by atoms with Gasteiger partial charge in [-0.15, -0.1) is 0 Å². The molecule has 8 aromatic carbocycles. The number of amides is 2. The van der Waals surface area contributed by atoms with Crippen molar-refractivity contribution in [2.75, 3.05) is 161 Å². The second kappa shape index (κ2) is 41.6. The van der Waals surface area contributed by atoms with Crippen molar-refractivity contribution in [2.45, 2.75) is 25.7 Å². The van der Waals surface area contributed by atoms with Crippen LogP contribution in [0.25, 0.3) is 20.2 Å². The van der Waals surface area contributed by atoms with Gasteiger partial charge in [0, 0.05) is 189 Å². The monoisotopic (exact) mass is 1560 g/mol. The molecule has 2 amide bonds. The topological polar surface area (TPSA) is 398 Å². The zero-order chi connectivity index (χ0) is 94.6. The van der Waals surface area contributed by atoms with E-state index in [1.165, 1.54) is 70.1 Å². The second-order valence-corrected chi connectivity index (χ2v) is 26.0. The summed E-state index contributed by atoms with van der Waals surface area (Å²) >= 11 is 15.9. The van der Waals surface area contributed by atoms with Crippen LogP contribution in [0.3, 0.4) is 0 Å². The predicted molar refractivity (Wildman–Crippen MR) is 434 cm³/mol. The molecule has 108 heavy (non-hydrogen) atoms. The zero-order valence-electron chi connectivity index (χ0n) is 77.7. The first-order valence-electron chi connectivity index (χ1n) is 43.2. The maximum absolute atomic E-state index is 11.6. The number of benzene rings is 8. The van der Waals surface area contributed by atoms with Crippen molar-refractivity contribution in [3.8, 4) is 0 Å². The maximum atomic E-state index is 11.6. The van der Waals surface area contributed by atoms with Gasteiger partial charge in [0.05, 0.1) is 55.5 Å². The molecule has 6 aliphatic rings. The van der Waals surface area contributed by atoms with Crippen molar-refractivity contribution >= 4 is 148 Å². The number of piperazine rings is 4. The smallest absolute Gasteiger partial charge is 0.337 e. The van der Waals surface area contributed by atoms with Crippen LogP contribution < -0.4 is 64.6 Å². The van der Waals surface area contributed by atoms with Gasteiger partial charge in [-0.25, -0.2) is 19.2 Å². The number of anilines is 8. The Morgan fingerprint density at radius 3 is 1.35 bits per heavy atom. The van der Waals surface area contributed by atoms with E-state index in [2.05, 4.69) is 86.0 Å². The Hall–Kier alpha value is -10.5. The first-order chi connectivity index (χ1) is 59.8. The molecule has 0 unspecified atom stereocenters. The summed E-state index contributed by atoms with van der Waals surface area (Å²) in [7, 11) is 0. The fraction of sp³-hybridized carbons (Fsp3) is 0.282. The largest absolute Gasteiger partial charge is 0.478 e. The summed E-state index contributed by atoms with van der Waals surface area (Å²) in [5.41, 5.74) is 26.4. The minimum atomic E-state index is -2.68. The van der Waals surface area contributed by atoms with Gasteiger partial charge in [0.25, 0.3) is 0 Å². The molecule has 2 aromatic heterocycles. The number of carboxylic acids is 4. The third-order valence-corrected chi connectivity index (χ3v) is 18.8. The molecule has 4 saturated heterocycles. The van der Waals surface area contributed by atoms with Gasteiger partial charge >= 0.3 is 23.9 Å². The summed E-state index contributed by atoms with van der Waals surface area (Å²) in [5, 5.41) is 52.0. The van der Waals surface area contributed by atoms with Gasteiger partial charge in [0.1, 0.15) is 11.6 Å². The zero-order valence-corrected chi connectivity index (χ0v) is 60.8. The summed E-state index contributed by atoms with van der Waals surface area (Å²) in [6.45, 7) is -3.94. The highest BCUT2D eigenvalue weighted by atomic mass is 35.5. The molecular formula is C78H90Cl2N16O10S2. The summed E-state index contributed by atoms with van der Waals surface area (Å²) in [6, 6.07) is 33.3. The number of nitrogens with one attached hydrogen (secondary N) is 6. The molecule has 0 radical (unpaired) electrons. The Morgan fingerprint density at radius 1 is 0.454 bits per heavy atom. The Balaban J connectivity index is 0.000000172. The molecule has 0 spiro atoms. The number of aromatic nitrogens is 2. The minimum absolute atomic E-state index is 0.0139. The number of rotatable bonds is 12. The highest BCUT2D eigenvalue weighted by Crippen LogP contribution is 2.34. The summed E-state index contributed by atoms with van der Waals surface area (Å²) < 4.78 is 156. The Labute approximate surface area is 672 Å². The van der Waals surface area contributed by atoms with E-state index in [-0.39, 0.29) is 63.7 Å². The van der Waals surface area contributed by atoms with Crippen molar-refractivity contribution in [3.63, 3.8) is 0 Å². The molecular weight excluding hydrogens is 1460 g/mol. The molecule has 18 N–H and O–H groups in total. The van der Waals surface area contributed by atoms with Crippen LogP contribution in [0.2, 0.25) is 10.0 Å². The molecule has 10 aromatic rings. The lowest BCUT2D eigenvalue weighted by Crippen LogP contribution is -2.47. The van der Waals surface area contributed by atoms with Gasteiger partial charge in [0.2, 0.25) is 11.8 Å². The van der Waals surface area contributed by atoms with E-state index < -0.39 is 98.3 Å². The van der Waals surface area contributed by atoms with Crippen LogP contribution in [0.15, 0.2) is 170 Å². The average Bonchev–Trinajstić information content (AvgIpc) is 0.821. The van der Waals surface area contributed by atoms with E-state index in [9.17, 15) is 28.8 Å². The van der Waals surface area contributed by atoms with Crippen molar-refractivity contribution in [2.24, 2.45) is 0 Å². The minimum Gasteiger partial charge on any atom is -0.478 e. The number of nitrogen functional groups attached to an aromatic ring is 4. The van der Waals surface area contributed by atoms with Gasteiger partial charge in [-0.2, -0.15) is 8.75 Å². The predicted octanol–water partition coefficient (Wildman–Crippen LogP) is 9.84. The van der Waals surface area contributed by atoms with Crippen LogP contribution >= 0.6 is 46.3 Å². The molecule has 30 heteroatoms. The fourth-order valence-corrected chi connectivity index (χ4v) is 13.0. The quantitative estimate of drug-likeness (QED) is 0.0506. The molecule has 6 aliphatic heterocycles. The normalized spacial score (nSPS) is 20.5. The van der Waals surface area contributed by atoms with E-state index in [0.29, 0.717) is 32.0 Å². The van der Waals surface area contributed by atoms with Crippen molar-refractivity contribution in [1.29, 1.82) is 0 Å². The summed E-state index contributed by atoms with van der Waals surface area (Å²) in [4.78, 5) is 74.7. The van der Waals surface area contributed by atoms with E-state index >= 15 is 0 Å². The fourth-order valence-electron chi connectivity index (χ4n) is 11.0. The summed E-state index contributed by atoms with van der Waals surface area (Å²) in [5.74, 6) is -2.60. The summed E-state index contributed by atoms with van der Waals surface area (Å²) in [6.07, 6.45) is 2.68. The molecule has 4 fully saturated rings. The van der Waals surface area contributed by atoms with Gasteiger partial charge in [-0.3, -0.25) is 19.4 Å². The molecule has 26 nitrogen and oxygen atoms in total. The maximum Gasteiger partial charge on any atom is 0.337 e. The van der Waals surface area contributed by atoms with Crippen LogP contribution in [-0.4, -0.2) is 192 Å². The number of fused-ring (bicyclic) bond motifs is 4. The van der Waals surface area contributed by atoms with E-state index in [1.807, 2.05) is 30.3 Å². The van der Waals surface area contributed by atoms with Crippen LogP contribution in [0, 0.1) is 0 Å². The Kier molecular flexibility index (Phi) is 22.2. The van der Waals surface area contributed by atoms with Gasteiger partial charge in [-0.1, -0.05) is 108 Å². The van der Waals surface area contributed by atoms with Crippen LogP contribution in [0.4, 0.5) is 45.8 Å². The van der Waals surface area contributed by atoms with Gasteiger partial charge < -0.3 is 85.1 Å².